The Labute approximate surface area is 191 Å². The number of fused-ring (bicyclic) bond motifs is 1. The molecule has 3 rings (SSSR count). The summed E-state index contributed by atoms with van der Waals surface area (Å²) < 4.78 is 1.71. The zero-order valence-electron chi connectivity index (χ0n) is 19.8. The molecule has 2 aromatic carbocycles. The summed E-state index contributed by atoms with van der Waals surface area (Å²) in [7, 11) is 0. The van der Waals surface area contributed by atoms with Gasteiger partial charge < -0.3 is 4.90 Å². The average molecular weight is 434 g/mol. The Morgan fingerprint density at radius 1 is 1.03 bits per heavy atom. The molecule has 0 aliphatic rings. The number of hydrogen-bond acceptors (Lipinski definition) is 3. The van der Waals surface area contributed by atoms with Crippen molar-refractivity contribution in [3.05, 3.63) is 70.3 Å². The van der Waals surface area contributed by atoms with Crippen molar-refractivity contribution in [2.45, 2.75) is 72.3 Å². The molecule has 0 spiro atoms. The lowest BCUT2D eigenvalue weighted by molar-refractivity contribution is -0.134. The zero-order chi connectivity index (χ0) is 23.1. The molecule has 5 heteroatoms. The molecule has 5 nitrogen and oxygen atoms in total. The molecule has 0 saturated carbocycles. The van der Waals surface area contributed by atoms with Crippen LogP contribution in [-0.4, -0.2) is 26.9 Å². The highest BCUT2D eigenvalue weighted by atomic mass is 16.2. The van der Waals surface area contributed by atoms with E-state index < -0.39 is 0 Å². The summed E-state index contributed by atoms with van der Waals surface area (Å²) in [5.41, 5.74) is 2.44. The number of carbonyl (C=O) groups is 1. The molecular weight excluding hydrogens is 398 g/mol. The van der Waals surface area contributed by atoms with Crippen LogP contribution >= 0.6 is 0 Å². The van der Waals surface area contributed by atoms with Gasteiger partial charge in [-0.1, -0.05) is 57.9 Å². The number of para-hydroxylation sites is 1. The maximum absolute atomic E-state index is 13.7. The third kappa shape index (κ3) is 5.09. The summed E-state index contributed by atoms with van der Waals surface area (Å²) in [6, 6.07) is 15.1. The van der Waals surface area contributed by atoms with Crippen molar-refractivity contribution in [3.8, 4) is 5.69 Å². The SMILES string of the molecule is CCCCCC(=O)N(CCC)C(CC)c1nc2ccccc2c(=O)n1-c1cccc(C)c1. The van der Waals surface area contributed by atoms with Crippen LogP contribution in [0.5, 0.6) is 0 Å². The Morgan fingerprint density at radius 3 is 2.50 bits per heavy atom. The molecule has 0 bridgehead atoms. The molecule has 1 unspecified atom stereocenters. The van der Waals surface area contributed by atoms with Gasteiger partial charge in [-0.05, 0) is 56.0 Å². The number of carbonyl (C=O) groups excluding carboxylic acids is 1. The van der Waals surface area contributed by atoms with Gasteiger partial charge in [-0.2, -0.15) is 0 Å². The van der Waals surface area contributed by atoms with Crippen LogP contribution in [0.4, 0.5) is 0 Å². The van der Waals surface area contributed by atoms with E-state index in [1.54, 1.807) is 4.57 Å². The fraction of sp³-hybridized carbons (Fsp3) is 0.444. The third-order valence-electron chi connectivity index (χ3n) is 5.90. The molecule has 170 valence electrons. The predicted molar refractivity (Wildman–Crippen MR) is 131 cm³/mol. The lowest BCUT2D eigenvalue weighted by Crippen LogP contribution is -2.39. The summed E-state index contributed by atoms with van der Waals surface area (Å²) in [5.74, 6) is 0.782. The van der Waals surface area contributed by atoms with E-state index in [9.17, 15) is 9.59 Å². The first-order valence-electron chi connectivity index (χ1n) is 11.9. The molecule has 0 saturated heterocycles. The topological polar surface area (TPSA) is 55.2 Å². The van der Waals surface area contributed by atoms with Crippen molar-refractivity contribution < 1.29 is 4.79 Å². The van der Waals surface area contributed by atoms with Crippen LogP contribution in [0.1, 0.15) is 76.7 Å². The van der Waals surface area contributed by atoms with Crippen LogP contribution < -0.4 is 5.56 Å². The summed E-state index contributed by atoms with van der Waals surface area (Å²) in [5, 5.41) is 0.587. The molecular formula is C27H35N3O2. The van der Waals surface area contributed by atoms with Gasteiger partial charge in [0.05, 0.1) is 22.6 Å². The molecule has 0 radical (unpaired) electrons. The van der Waals surface area contributed by atoms with E-state index in [-0.39, 0.29) is 17.5 Å². The number of hydrogen-bond donors (Lipinski definition) is 0. The van der Waals surface area contributed by atoms with E-state index in [1.165, 1.54) is 0 Å². The quantitative estimate of drug-likeness (QED) is 0.370. The van der Waals surface area contributed by atoms with Gasteiger partial charge in [0.2, 0.25) is 5.91 Å². The molecule has 32 heavy (non-hydrogen) atoms. The number of aromatic nitrogens is 2. The fourth-order valence-electron chi connectivity index (χ4n) is 4.30. The van der Waals surface area contributed by atoms with Gasteiger partial charge >= 0.3 is 0 Å². The Hall–Kier alpha value is -2.95. The van der Waals surface area contributed by atoms with Gasteiger partial charge in [-0.15, -0.1) is 0 Å². The van der Waals surface area contributed by atoms with Crippen molar-refractivity contribution in [1.82, 2.24) is 14.5 Å². The van der Waals surface area contributed by atoms with E-state index in [2.05, 4.69) is 20.8 Å². The summed E-state index contributed by atoms with van der Waals surface area (Å²) >= 11 is 0. The summed E-state index contributed by atoms with van der Waals surface area (Å²) in [6.45, 7) is 8.96. The van der Waals surface area contributed by atoms with Crippen LogP contribution in [0.3, 0.4) is 0 Å². The maximum atomic E-state index is 13.7. The molecule has 1 atom stereocenters. The molecule has 1 aromatic heterocycles. The van der Waals surface area contributed by atoms with Crippen LogP contribution in [0, 0.1) is 6.92 Å². The second-order valence-corrected chi connectivity index (χ2v) is 8.44. The standard InChI is InChI=1S/C27H35N3O2/c1-5-8-9-17-25(31)29(18-6-2)24(7-3)26-28-23-16-11-10-15-22(23)27(32)30(26)21-14-12-13-20(4)19-21/h10-16,19,24H,5-9,17-18H2,1-4H3. The lowest BCUT2D eigenvalue weighted by atomic mass is 10.1. The Balaban J connectivity index is 2.20. The molecule has 1 heterocycles. The van der Waals surface area contributed by atoms with E-state index in [1.807, 2.05) is 60.4 Å². The third-order valence-corrected chi connectivity index (χ3v) is 5.90. The molecule has 0 aliphatic carbocycles. The number of aryl methyl sites for hydroxylation is 1. The van der Waals surface area contributed by atoms with Gasteiger partial charge in [0.1, 0.15) is 5.82 Å². The highest BCUT2D eigenvalue weighted by Gasteiger charge is 2.28. The normalized spacial score (nSPS) is 12.1. The Bertz CT molecular complexity index is 1120. The van der Waals surface area contributed by atoms with Crippen molar-refractivity contribution in [1.29, 1.82) is 0 Å². The zero-order valence-corrected chi connectivity index (χ0v) is 19.8. The van der Waals surface area contributed by atoms with E-state index >= 15 is 0 Å². The van der Waals surface area contributed by atoms with Gasteiger partial charge in [0.25, 0.3) is 5.56 Å². The molecule has 0 fully saturated rings. The van der Waals surface area contributed by atoms with Gasteiger partial charge in [-0.3, -0.25) is 14.2 Å². The first-order chi connectivity index (χ1) is 15.5. The summed E-state index contributed by atoms with van der Waals surface area (Å²) in [4.78, 5) is 33.8. The van der Waals surface area contributed by atoms with E-state index in [0.29, 0.717) is 36.1 Å². The van der Waals surface area contributed by atoms with Crippen LogP contribution in [-0.2, 0) is 4.79 Å². The number of benzene rings is 2. The second kappa shape index (κ2) is 11.1. The Kier molecular flexibility index (Phi) is 8.20. The first kappa shape index (κ1) is 23.7. The van der Waals surface area contributed by atoms with E-state index in [0.717, 1.165) is 36.9 Å². The highest BCUT2D eigenvalue weighted by Crippen LogP contribution is 2.27. The highest BCUT2D eigenvalue weighted by molar-refractivity contribution is 5.79. The molecule has 0 N–H and O–H groups in total. The number of rotatable bonds is 10. The van der Waals surface area contributed by atoms with Gasteiger partial charge in [0, 0.05) is 13.0 Å². The smallest absolute Gasteiger partial charge is 0.266 e. The van der Waals surface area contributed by atoms with Crippen molar-refractivity contribution in [2.24, 2.45) is 0 Å². The minimum atomic E-state index is -0.262. The first-order valence-corrected chi connectivity index (χ1v) is 11.9. The summed E-state index contributed by atoms with van der Waals surface area (Å²) in [6.07, 6.45) is 5.10. The number of unbranched alkanes of at least 4 members (excludes halogenated alkanes) is 2. The number of nitrogens with zero attached hydrogens (tertiary/aromatic N) is 3. The predicted octanol–water partition coefficient (Wildman–Crippen LogP) is 5.96. The second-order valence-electron chi connectivity index (χ2n) is 8.44. The van der Waals surface area contributed by atoms with Crippen LogP contribution in [0.25, 0.3) is 16.6 Å². The molecule has 0 aliphatic heterocycles. The maximum Gasteiger partial charge on any atom is 0.266 e. The van der Waals surface area contributed by atoms with Crippen LogP contribution in [0.15, 0.2) is 53.3 Å². The number of amides is 1. The van der Waals surface area contributed by atoms with Gasteiger partial charge in [0.15, 0.2) is 0 Å². The minimum absolute atomic E-state index is 0.0930. The largest absolute Gasteiger partial charge is 0.333 e. The fourth-order valence-corrected chi connectivity index (χ4v) is 4.30. The average Bonchev–Trinajstić information content (AvgIpc) is 2.79. The minimum Gasteiger partial charge on any atom is -0.333 e. The van der Waals surface area contributed by atoms with Crippen molar-refractivity contribution in [3.63, 3.8) is 0 Å². The van der Waals surface area contributed by atoms with Crippen molar-refractivity contribution in [2.75, 3.05) is 6.54 Å². The monoisotopic (exact) mass is 433 g/mol. The molecule has 1 amide bonds. The van der Waals surface area contributed by atoms with E-state index in [4.69, 9.17) is 4.98 Å². The molecule has 3 aromatic rings. The van der Waals surface area contributed by atoms with Crippen molar-refractivity contribution >= 4 is 16.8 Å². The lowest BCUT2D eigenvalue weighted by Gasteiger charge is -2.32. The van der Waals surface area contributed by atoms with Crippen LogP contribution in [0.2, 0.25) is 0 Å². The van der Waals surface area contributed by atoms with Gasteiger partial charge in [-0.25, -0.2) is 4.98 Å². The Morgan fingerprint density at radius 2 is 1.81 bits per heavy atom.